The Morgan fingerprint density at radius 3 is 2.00 bits per heavy atom. The summed E-state index contributed by atoms with van der Waals surface area (Å²) in [6.07, 6.45) is 0.668. The lowest BCUT2D eigenvalue weighted by Crippen LogP contribution is -2.11. The first-order chi connectivity index (χ1) is 13.5. The summed E-state index contributed by atoms with van der Waals surface area (Å²) in [5, 5.41) is 0. The molecule has 0 spiro atoms. The number of aldehydes is 1. The Morgan fingerprint density at radius 2 is 1.46 bits per heavy atom. The fraction of sp³-hybridized carbons (Fsp3) is 0.0952. The molecule has 1 heterocycles. The lowest BCUT2D eigenvalue weighted by atomic mass is 10.0. The highest BCUT2D eigenvalue weighted by molar-refractivity contribution is 6.08. The number of ether oxygens (including phenoxy) is 2. The largest absolute Gasteiger partial charge is 0.465 e. The summed E-state index contributed by atoms with van der Waals surface area (Å²) in [4.78, 5) is 35.7. The summed E-state index contributed by atoms with van der Waals surface area (Å²) in [6.45, 7) is 0. The zero-order valence-electron chi connectivity index (χ0n) is 15.1. The summed E-state index contributed by atoms with van der Waals surface area (Å²) in [5.74, 6) is -2.84. The third-order valence-electron chi connectivity index (χ3n) is 4.23. The van der Waals surface area contributed by atoms with Gasteiger partial charge in [-0.15, -0.1) is 0 Å². The Bertz CT molecular complexity index is 1040. The van der Waals surface area contributed by atoms with Crippen LogP contribution in [0.5, 0.6) is 0 Å². The molecule has 3 aromatic rings. The van der Waals surface area contributed by atoms with Gasteiger partial charge in [0, 0.05) is 11.3 Å². The maximum Gasteiger partial charge on any atom is 0.343 e. The van der Waals surface area contributed by atoms with E-state index in [9.17, 15) is 14.4 Å². The van der Waals surface area contributed by atoms with Crippen LogP contribution in [-0.2, 0) is 9.47 Å². The number of methoxy groups -OCH3 is 2. The molecule has 6 nitrogen and oxygen atoms in total. The summed E-state index contributed by atoms with van der Waals surface area (Å²) < 4.78 is 26.0. The molecular weight excluding hydrogens is 365 g/mol. The molecule has 3 rings (SSSR count). The normalized spacial score (nSPS) is 10.4. The fourth-order valence-corrected chi connectivity index (χ4v) is 2.94. The van der Waals surface area contributed by atoms with E-state index in [1.54, 1.807) is 42.5 Å². The Morgan fingerprint density at radius 1 is 0.893 bits per heavy atom. The number of rotatable bonds is 5. The van der Waals surface area contributed by atoms with Gasteiger partial charge in [0.2, 0.25) is 5.95 Å². The first-order valence-corrected chi connectivity index (χ1v) is 8.25. The highest BCUT2D eigenvalue weighted by Gasteiger charge is 2.34. The zero-order valence-corrected chi connectivity index (χ0v) is 15.1. The minimum absolute atomic E-state index is 0.119. The standard InChI is InChI=1S/C21H16FNO5/c1-27-20(25)16-17(21(26)28-2)19(22)23(15-6-4-3-5-7-15)18(16)14-10-8-13(12-24)9-11-14/h3-12H,1-2H3. The molecule has 0 unspecified atom stereocenters. The summed E-state index contributed by atoms with van der Waals surface area (Å²) >= 11 is 0. The second-order valence-electron chi connectivity index (χ2n) is 5.78. The van der Waals surface area contributed by atoms with Crippen LogP contribution in [-0.4, -0.2) is 37.0 Å². The molecule has 0 saturated heterocycles. The van der Waals surface area contributed by atoms with Crippen molar-refractivity contribution < 1.29 is 28.2 Å². The summed E-state index contributed by atoms with van der Waals surface area (Å²) in [6, 6.07) is 14.6. The van der Waals surface area contributed by atoms with E-state index in [1.807, 2.05) is 0 Å². The molecule has 7 heteroatoms. The minimum Gasteiger partial charge on any atom is -0.465 e. The number of halogens is 1. The fourth-order valence-electron chi connectivity index (χ4n) is 2.94. The minimum atomic E-state index is -1.00. The third kappa shape index (κ3) is 3.18. The number of hydrogen-bond donors (Lipinski definition) is 0. The number of para-hydroxylation sites is 1. The van der Waals surface area contributed by atoms with Gasteiger partial charge in [0.15, 0.2) is 0 Å². The van der Waals surface area contributed by atoms with Crippen molar-refractivity contribution in [1.29, 1.82) is 0 Å². The Kier molecular flexibility index (Phi) is 5.35. The highest BCUT2D eigenvalue weighted by Crippen LogP contribution is 2.35. The van der Waals surface area contributed by atoms with Crippen LogP contribution >= 0.6 is 0 Å². The monoisotopic (exact) mass is 381 g/mol. The maximum absolute atomic E-state index is 15.4. The van der Waals surface area contributed by atoms with Crippen molar-refractivity contribution in [3.05, 3.63) is 77.2 Å². The molecule has 2 aromatic carbocycles. The second-order valence-corrected chi connectivity index (χ2v) is 5.78. The summed E-state index contributed by atoms with van der Waals surface area (Å²) in [7, 11) is 2.24. The first-order valence-electron chi connectivity index (χ1n) is 8.25. The van der Waals surface area contributed by atoms with Crippen LogP contribution in [0.25, 0.3) is 16.9 Å². The first kappa shape index (κ1) is 19.0. The van der Waals surface area contributed by atoms with Gasteiger partial charge in [-0.3, -0.25) is 9.36 Å². The van der Waals surface area contributed by atoms with Crippen LogP contribution in [0.15, 0.2) is 54.6 Å². The van der Waals surface area contributed by atoms with Crippen LogP contribution in [0.3, 0.4) is 0 Å². The molecule has 0 N–H and O–H groups in total. The predicted molar refractivity (Wildman–Crippen MR) is 99.2 cm³/mol. The van der Waals surface area contributed by atoms with Gasteiger partial charge in [0.05, 0.1) is 19.9 Å². The van der Waals surface area contributed by atoms with Crippen molar-refractivity contribution in [2.75, 3.05) is 14.2 Å². The van der Waals surface area contributed by atoms with E-state index in [-0.39, 0.29) is 11.3 Å². The van der Waals surface area contributed by atoms with Crippen LogP contribution in [0.4, 0.5) is 4.39 Å². The smallest absolute Gasteiger partial charge is 0.343 e. The molecule has 0 radical (unpaired) electrons. The van der Waals surface area contributed by atoms with E-state index < -0.39 is 23.4 Å². The SMILES string of the molecule is COC(=O)c1c(C(=O)OC)c(-c2ccc(C=O)cc2)n(-c2ccccc2)c1F. The molecule has 0 atom stereocenters. The molecule has 0 amide bonds. The number of nitrogens with zero attached hydrogens (tertiary/aromatic N) is 1. The Labute approximate surface area is 160 Å². The average molecular weight is 381 g/mol. The van der Waals surface area contributed by atoms with E-state index in [0.717, 1.165) is 18.8 Å². The zero-order chi connectivity index (χ0) is 20.3. The van der Waals surface area contributed by atoms with E-state index in [4.69, 9.17) is 4.74 Å². The maximum atomic E-state index is 15.4. The van der Waals surface area contributed by atoms with Crippen molar-refractivity contribution in [2.24, 2.45) is 0 Å². The molecule has 0 saturated carbocycles. The molecule has 1 aromatic heterocycles. The number of aromatic nitrogens is 1. The predicted octanol–water partition coefficient (Wildman–Crippen LogP) is 3.67. The van der Waals surface area contributed by atoms with E-state index >= 15 is 4.39 Å². The van der Waals surface area contributed by atoms with Crippen molar-refractivity contribution in [3.8, 4) is 16.9 Å². The van der Waals surface area contributed by atoms with Crippen molar-refractivity contribution in [1.82, 2.24) is 4.57 Å². The summed E-state index contributed by atoms with van der Waals surface area (Å²) in [5.41, 5.74) is 0.573. The lowest BCUT2D eigenvalue weighted by molar-refractivity contribution is 0.0553. The van der Waals surface area contributed by atoms with Crippen LogP contribution in [0, 0.1) is 5.95 Å². The van der Waals surface area contributed by atoms with Gasteiger partial charge in [-0.1, -0.05) is 42.5 Å². The Hall–Kier alpha value is -3.74. The molecule has 28 heavy (non-hydrogen) atoms. The molecule has 0 bridgehead atoms. The van der Waals surface area contributed by atoms with Gasteiger partial charge in [-0.05, 0) is 17.7 Å². The van der Waals surface area contributed by atoms with Crippen molar-refractivity contribution >= 4 is 18.2 Å². The number of carbonyl (C=O) groups excluding carboxylic acids is 3. The molecule has 0 fully saturated rings. The number of hydrogen-bond acceptors (Lipinski definition) is 5. The molecule has 142 valence electrons. The van der Waals surface area contributed by atoms with Gasteiger partial charge in [0.1, 0.15) is 17.4 Å². The van der Waals surface area contributed by atoms with Crippen molar-refractivity contribution in [2.45, 2.75) is 0 Å². The van der Waals surface area contributed by atoms with Gasteiger partial charge in [-0.2, -0.15) is 4.39 Å². The van der Waals surface area contributed by atoms with Gasteiger partial charge >= 0.3 is 11.9 Å². The van der Waals surface area contributed by atoms with Crippen LogP contribution in [0.1, 0.15) is 31.1 Å². The van der Waals surface area contributed by atoms with Gasteiger partial charge in [-0.25, -0.2) is 9.59 Å². The highest BCUT2D eigenvalue weighted by atomic mass is 19.1. The number of esters is 2. The molecular formula is C21H16FNO5. The Balaban J connectivity index is 2.43. The topological polar surface area (TPSA) is 74.6 Å². The molecule has 0 aliphatic heterocycles. The van der Waals surface area contributed by atoms with Gasteiger partial charge in [0.25, 0.3) is 0 Å². The number of carbonyl (C=O) groups is 3. The van der Waals surface area contributed by atoms with E-state index in [0.29, 0.717) is 23.1 Å². The van der Waals surface area contributed by atoms with Gasteiger partial charge < -0.3 is 9.47 Å². The van der Waals surface area contributed by atoms with Crippen LogP contribution in [0.2, 0.25) is 0 Å². The van der Waals surface area contributed by atoms with Crippen molar-refractivity contribution in [3.63, 3.8) is 0 Å². The number of benzene rings is 2. The van der Waals surface area contributed by atoms with E-state index in [1.165, 1.54) is 12.1 Å². The van der Waals surface area contributed by atoms with E-state index in [2.05, 4.69) is 4.74 Å². The van der Waals surface area contributed by atoms with Crippen LogP contribution < -0.4 is 0 Å². The molecule has 0 aliphatic carbocycles. The third-order valence-corrected chi connectivity index (χ3v) is 4.23. The average Bonchev–Trinajstić information content (AvgIpc) is 3.06. The molecule has 0 aliphatic rings. The lowest BCUT2D eigenvalue weighted by Gasteiger charge is -2.12. The second kappa shape index (κ2) is 7.87. The quantitative estimate of drug-likeness (QED) is 0.498.